The number of carbonyl (C=O) groups is 3. The Morgan fingerprint density at radius 2 is 1.81 bits per heavy atom. The van der Waals surface area contributed by atoms with Gasteiger partial charge in [-0.15, -0.1) is 0 Å². The van der Waals surface area contributed by atoms with Gasteiger partial charge in [0.25, 0.3) is 0 Å². The van der Waals surface area contributed by atoms with Crippen LogP contribution in [-0.2, 0) is 32.0 Å². The number of epoxide rings is 1. The van der Waals surface area contributed by atoms with E-state index in [9.17, 15) is 24.6 Å². The number of hydrogen-bond donors (Lipinski definition) is 4. The fourth-order valence-electron chi connectivity index (χ4n) is 4.35. The van der Waals surface area contributed by atoms with Crippen molar-refractivity contribution in [1.82, 2.24) is 10.6 Å². The summed E-state index contributed by atoms with van der Waals surface area (Å²) in [5.74, 6) is -1.02. The van der Waals surface area contributed by atoms with Crippen molar-refractivity contribution in [2.24, 2.45) is 11.8 Å². The Bertz CT molecular complexity index is 836. The van der Waals surface area contributed by atoms with E-state index in [1.807, 2.05) is 26.0 Å². The summed E-state index contributed by atoms with van der Waals surface area (Å²) in [7, 11) is 0. The summed E-state index contributed by atoms with van der Waals surface area (Å²) in [5.41, 5.74) is 1.32. The molecule has 1 saturated heterocycles. The largest absolute Gasteiger partial charge is 0.394 e. The number of fused-ring (bicyclic) bond motifs is 1. The van der Waals surface area contributed by atoms with E-state index in [-0.39, 0.29) is 36.6 Å². The van der Waals surface area contributed by atoms with Crippen LogP contribution < -0.4 is 10.6 Å². The topological polar surface area (TPSA) is 128 Å². The smallest absolute Gasteiger partial charge is 0.245 e. The number of Topliss-reactive ketones (excluding diaryl/α,β-unsaturated/α-hetero) is 1. The van der Waals surface area contributed by atoms with Crippen molar-refractivity contribution in [2.45, 2.75) is 63.6 Å². The number of benzene rings is 1. The van der Waals surface area contributed by atoms with E-state index in [2.05, 4.69) is 22.8 Å². The van der Waals surface area contributed by atoms with Crippen LogP contribution in [0.4, 0.5) is 0 Å². The Kier molecular flexibility index (Phi) is 8.03. The van der Waals surface area contributed by atoms with Gasteiger partial charge in [-0.25, -0.2) is 0 Å². The lowest BCUT2D eigenvalue weighted by Crippen LogP contribution is -2.55. The molecule has 1 fully saturated rings. The minimum Gasteiger partial charge on any atom is -0.394 e. The second kappa shape index (κ2) is 10.6. The first-order valence-electron chi connectivity index (χ1n) is 11.3. The zero-order valence-corrected chi connectivity index (χ0v) is 18.8. The molecule has 0 bridgehead atoms. The van der Waals surface area contributed by atoms with Crippen molar-refractivity contribution >= 4 is 17.6 Å². The van der Waals surface area contributed by atoms with E-state index < -0.39 is 36.8 Å². The van der Waals surface area contributed by atoms with E-state index >= 15 is 0 Å². The van der Waals surface area contributed by atoms with Crippen molar-refractivity contribution in [1.29, 1.82) is 0 Å². The highest BCUT2D eigenvalue weighted by Crippen LogP contribution is 2.30. The molecule has 1 aliphatic carbocycles. The predicted molar refractivity (Wildman–Crippen MR) is 118 cm³/mol. The van der Waals surface area contributed by atoms with Crippen LogP contribution >= 0.6 is 0 Å². The summed E-state index contributed by atoms with van der Waals surface area (Å²) < 4.78 is 5.14. The van der Waals surface area contributed by atoms with E-state index in [1.165, 1.54) is 11.1 Å². The molecule has 1 aliphatic heterocycles. The molecule has 1 aromatic carbocycles. The van der Waals surface area contributed by atoms with Gasteiger partial charge in [-0.2, -0.15) is 0 Å². The van der Waals surface area contributed by atoms with Gasteiger partial charge in [0.15, 0.2) is 11.4 Å². The molecule has 2 unspecified atom stereocenters. The molecular formula is C24H34N2O6. The lowest BCUT2D eigenvalue weighted by Gasteiger charge is -2.26. The van der Waals surface area contributed by atoms with Gasteiger partial charge in [0, 0.05) is 6.42 Å². The quantitative estimate of drug-likeness (QED) is 0.367. The first-order chi connectivity index (χ1) is 15.3. The Labute approximate surface area is 188 Å². The molecule has 8 heteroatoms. The zero-order chi connectivity index (χ0) is 23.3. The highest BCUT2D eigenvalue weighted by atomic mass is 16.6. The normalized spacial score (nSPS) is 23.7. The molecule has 176 valence electrons. The van der Waals surface area contributed by atoms with Crippen molar-refractivity contribution in [3.8, 4) is 0 Å². The van der Waals surface area contributed by atoms with Gasteiger partial charge >= 0.3 is 0 Å². The number of carbonyl (C=O) groups excluding carboxylic acids is 3. The van der Waals surface area contributed by atoms with Crippen molar-refractivity contribution in [2.75, 3.05) is 19.8 Å². The van der Waals surface area contributed by atoms with Gasteiger partial charge in [-0.05, 0) is 48.6 Å². The van der Waals surface area contributed by atoms with Crippen LogP contribution in [0.1, 0.15) is 44.2 Å². The number of ether oxygens (including phenoxy) is 1. The summed E-state index contributed by atoms with van der Waals surface area (Å²) in [6, 6.07) is 6.20. The number of rotatable bonds is 11. The average Bonchev–Trinajstić information content (AvgIpc) is 3.57. The molecule has 1 aromatic rings. The maximum Gasteiger partial charge on any atom is 0.245 e. The highest BCUT2D eigenvalue weighted by Gasteiger charge is 2.54. The second-order valence-corrected chi connectivity index (χ2v) is 9.38. The van der Waals surface area contributed by atoms with E-state index in [4.69, 9.17) is 4.74 Å². The summed E-state index contributed by atoms with van der Waals surface area (Å²) in [5, 5.41) is 24.4. The summed E-state index contributed by atoms with van der Waals surface area (Å²) in [6.07, 6.45) is 3.27. The first-order valence-corrected chi connectivity index (χ1v) is 11.3. The number of nitrogens with one attached hydrogen (secondary N) is 2. The molecule has 32 heavy (non-hydrogen) atoms. The average molecular weight is 447 g/mol. The monoisotopic (exact) mass is 446 g/mol. The molecule has 0 aromatic heterocycles. The lowest BCUT2D eigenvalue weighted by atomic mass is 9.82. The van der Waals surface area contributed by atoms with Crippen LogP contribution in [0.2, 0.25) is 0 Å². The predicted octanol–water partition coefficient (Wildman–Crippen LogP) is 0.520. The van der Waals surface area contributed by atoms with Crippen LogP contribution in [0.5, 0.6) is 0 Å². The lowest BCUT2D eigenvalue weighted by molar-refractivity contribution is -0.135. The summed E-state index contributed by atoms with van der Waals surface area (Å²) in [6.45, 7) is 2.94. The van der Waals surface area contributed by atoms with Crippen LogP contribution in [0.25, 0.3) is 0 Å². The van der Waals surface area contributed by atoms with E-state index in [1.54, 1.807) is 0 Å². The van der Waals surface area contributed by atoms with Crippen LogP contribution in [0.15, 0.2) is 24.3 Å². The van der Waals surface area contributed by atoms with Gasteiger partial charge in [-0.1, -0.05) is 38.1 Å². The molecule has 4 atom stereocenters. The molecular weight excluding hydrogens is 412 g/mol. The molecule has 0 radical (unpaired) electrons. The summed E-state index contributed by atoms with van der Waals surface area (Å²) >= 11 is 0. The maximum atomic E-state index is 12.8. The van der Waals surface area contributed by atoms with Gasteiger partial charge in [0.1, 0.15) is 6.04 Å². The highest BCUT2D eigenvalue weighted by molar-refractivity contribution is 5.98. The molecule has 1 heterocycles. The minimum absolute atomic E-state index is 0.107. The Hall–Kier alpha value is -2.29. The fourth-order valence-corrected chi connectivity index (χ4v) is 4.35. The minimum atomic E-state index is -1.25. The summed E-state index contributed by atoms with van der Waals surface area (Å²) in [4.78, 5) is 38.1. The molecule has 2 aliphatic rings. The van der Waals surface area contributed by atoms with Crippen molar-refractivity contribution in [3.63, 3.8) is 0 Å². The van der Waals surface area contributed by atoms with Crippen molar-refractivity contribution in [3.05, 3.63) is 35.4 Å². The van der Waals surface area contributed by atoms with E-state index in [0.717, 1.165) is 19.3 Å². The fraction of sp³-hybridized carbons (Fsp3) is 0.625. The molecule has 2 amide bonds. The van der Waals surface area contributed by atoms with Crippen LogP contribution in [0, 0.1) is 11.8 Å². The van der Waals surface area contributed by atoms with Crippen LogP contribution in [0.3, 0.4) is 0 Å². The van der Waals surface area contributed by atoms with Gasteiger partial charge < -0.3 is 25.6 Å². The number of aliphatic hydroxyl groups excluding tert-OH is 2. The molecule has 3 rings (SSSR count). The molecule has 4 N–H and O–H groups in total. The molecule has 0 spiro atoms. The van der Waals surface area contributed by atoms with Gasteiger partial charge in [0.2, 0.25) is 11.8 Å². The molecule has 8 nitrogen and oxygen atoms in total. The SMILES string of the molecule is CC(C)CC(NC(=O)[C@H](CO)NC(=O)CC1CCc2ccccc2C1)C(=O)[C@@]1(CO)CO1. The van der Waals surface area contributed by atoms with Crippen molar-refractivity contribution < 1.29 is 29.3 Å². The Balaban J connectivity index is 1.56. The first kappa shape index (κ1) is 24.4. The van der Waals surface area contributed by atoms with E-state index in [0.29, 0.717) is 6.42 Å². The third-order valence-electron chi connectivity index (χ3n) is 6.29. The number of aliphatic hydroxyl groups is 2. The maximum absolute atomic E-state index is 12.8. The second-order valence-electron chi connectivity index (χ2n) is 9.38. The number of aryl methyl sites for hydroxylation is 1. The number of hydrogen-bond acceptors (Lipinski definition) is 6. The third kappa shape index (κ3) is 5.94. The Morgan fingerprint density at radius 3 is 2.41 bits per heavy atom. The van der Waals surface area contributed by atoms with Gasteiger partial charge in [-0.3, -0.25) is 14.4 Å². The zero-order valence-electron chi connectivity index (χ0n) is 18.8. The molecule has 0 saturated carbocycles. The third-order valence-corrected chi connectivity index (χ3v) is 6.29. The van der Waals surface area contributed by atoms with Gasteiger partial charge in [0.05, 0.1) is 25.9 Å². The standard InChI is InChI=1S/C24H34N2O6/c1-15(2)9-19(22(30)24(13-28)14-32-24)26-23(31)20(12-27)25-21(29)11-16-7-8-17-5-3-4-6-18(17)10-16/h3-6,15-16,19-20,27-28H,7-14H2,1-2H3,(H,25,29)(H,26,31)/t16?,19?,20-,24+/m0/s1. The van der Waals surface area contributed by atoms with Crippen LogP contribution in [-0.4, -0.2) is 65.3 Å². The Morgan fingerprint density at radius 1 is 1.12 bits per heavy atom. The number of ketones is 1. The number of amides is 2.